The van der Waals surface area contributed by atoms with Crippen LogP contribution < -0.4 is 9.47 Å². The average Bonchev–Trinajstić information content (AvgIpc) is 2.56. The molecule has 120 valence electrons. The lowest BCUT2D eigenvalue weighted by molar-refractivity contribution is 0.0697. The van der Waals surface area contributed by atoms with Crippen LogP contribution in [0.4, 0.5) is 0 Å². The third-order valence-corrected chi connectivity index (χ3v) is 3.20. The predicted octanol–water partition coefficient (Wildman–Crippen LogP) is 4.68. The number of phenolic OH excluding ortho intramolecular Hbond substituents is 1. The highest BCUT2D eigenvalue weighted by Crippen LogP contribution is 2.29. The second-order valence-electron chi connectivity index (χ2n) is 5.01. The Labute approximate surface area is 138 Å². The van der Waals surface area contributed by atoms with E-state index in [9.17, 15) is 9.90 Å². The molecule has 5 heteroatoms. The highest BCUT2D eigenvalue weighted by molar-refractivity contribution is 5.87. The number of carboxylic acid groups (broad SMARTS) is 1. The fraction of sp³-hybridized carbons (Fsp3) is 0. The molecule has 0 bridgehead atoms. The van der Waals surface area contributed by atoms with E-state index in [0.29, 0.717) is 23.0 Å². The highest BCUT2D eigenvalue weighted by atomic mass is 16.5. The normalized spacial score (nSPS) is 10.2. The first-order chi connectivity index (χ1) is 11.6. The maximum Gasteiger partial charge on any atom is 0.335 e. The fourth-order valence-electron chi connectivity index (χ4n) is 2.09. The molecular formula is C19H14O5. The Balaban J connectivity index is 1.74. The summed E-state index contributed by atoms with van der Waals surface area (Å²) in [5.41, 5.74) is 0.198. The number of carbonyl (C=O) groups is 1. The van der Waals surface area contributed by atoms with Crippen molar-refractivity contribution in [3.8, 4) is 28.7 Å². The zero-order chi connectivity index (χ0) is 16.9. The summed E-state index contributed by atoms with van der Waals surface area (Å²) < 4.78 is 11.4. The standard InChI is InChI=1S/C19H14O5/c20-14-3-1-4-16(11-14)24-18-6-2-5-17(12-18)23-15-9-7-13(8-10-15)19(21)22/h1-12,20H,(H,21,22). The number of rotatable bonds is 5. The van der Waals surface area contributed by atoms with Gasteiger partial charge in [-0.15, -0.1) is 0 Å². The third kappa shape index (κ3) is 3.84. The fourth-order valence-corrected chi connectivity index (χ4v) is 2.09. The van der Waals surface area contributed by atoms with Gasteiger partial charge >= 0.3 is 5.97 Å². The van der Waals surface area contributed by atoms with Gasteiger partial charge in [0.15, 0.2) is 0 Å². The molecule has 3 aromatic carbocycles. The van der Waals surface area contributed by atoms with Gasteiger partial charge in [0, 0.05) is 12.1 Å². The van der Waals surface area contributed by atoms with Crippen molar-refractivity contribution in [3.63, 3.8) is 0 Å². The molecule has 3 aromatic rings. The Kier molecular flexibility index (Phi) is 4.34. The predicted molar refractivity (Wildman–Crippen MR) is 88.1 cm³/mol. The Bertz CT molecular complexity index is 856. The molecule has 24 heavy (non-hydrogen) atoms. The number of aromatic carboxylic acids is 1. The lowest BCUT2D eigenvalue weighted by Crippen LogP contribution is -1.95. The Hall–Kier alpha value is -3.47. The van der Waals surface area contributed by atoms with Crippen molar-refractivity contribution in [2.24, 2.45) is 0 Å². The largest absolute Gasteiger partial charge is 0.508 e. The molecule has 0 fully saturated rings. The van der Waals surface area contributed by atoms with Gasteiger partial charge in [-0.05, 0) is 48.5 Å². The number of hydrogen-bond donors (Lipinski definition) is 2. The van der Waals surface area contributed by atoms with Crippen LogP contribution in [0.3, 0.4) is 0 Å². The van der Waals surface area contributed by atoms with Crippen molar-refractivity contribution < 1.29 is 24.5 Å². The van der Waals surface area contributed by atoms with E-state index in [1.807, 2.05) is 0 Å². The van der Waals surface area contributed by atoms with Crippen molar-refractivity contribution in [2.45, 2.75) is 0 Å². The summed E-state index contributed by atoms with van der Waals surface area (Å²) in [6, 6.07) is 19.6. The first-order valence-electron chi connectivity index (χ1n) is 7.18. The van der Waals surface area contributed by atoms with E-state index in [0.717, 1.165) is 0 Å². The lowest BCUT2D eigenvalue weighted by atomic mass is 10.2. The molecule has 0 saturated carbocycles. The molecule has 0 radical (unpaired) electrons. The molecule has 0 unspecified atom stereocenters. The summed E-state index contributed by atoms with van der Waals surface area (Å²) in [7, 11) is 0. The minimum Gasteiger partial charge on any atom is -0.508 e. The number of benzene rings is 3. The van der Waals surface area contributed by atoms with E-state index >= 15 is 0 Å². The van der Waals surface area contributed by atoms with Crippen LogP contribution in [0.15, 0.2) is 72.8 Å². The zero-order valence-corrected chi connectivity index (χ0v) is 12.5. The van der Waals surface area contributed by atoms with Crippen LogP contribution >= 0.6 is 0 Å². The van der Waals surface area contributed by atoms with Crippen LogP contribution in [0.25, 0.3) is 0 Å². The smallest absolute Gasteiger partial charge is 0.335 e. The molecule has 0 aliphatic rings. The van der Waals surface area contributed by atoms with Gasteiger partial charge in [0.2, 0.25) is 0 Å². The van der Waals surface area contributed by atoms with Gasteiger partial charge in [-0.25, -0.2) is 4.79 Å². The Morgan fingerprint density at radius 2 is 1.25 bits per heavy atom. The topological polar surface area (TPSA) is 76.0 Å². The number of phenols is 1. The number of carboxylic acids is 1. The summed E-state index contributed by atoms with van der Waals surface area (Å²) in [4.78, 5) is 10.8. The van der Waals surface area contributed by atoms with Gasteiger partial charge < -0.3 is 19.7 Å². The summed E-state index contributed by atoms with van der Waals surface area (Å²) in [5, 5.41) is 18.3. The number of aromatic hydroxyl groups is 1. The third-order valence-electron chi connectivity index (χ3n) is 3.20. The quantitative estimate of drug-likeness (QED) is 0.713. The molecule has 0 aliphatic heterocycles. The first-order valence-corrected chi connectivity index (χ1v) is 7.18. The Morgan fingerprint density at radius 1 is 0.708 bits per heavy atom. The van der Waals surface area contributed by atoms with E-state index < -0.39 is 5.97 Å². The van der Waals surface area contributed by atoms with E-state index in [1.165, 1.54) is 18.2 Å². The molecule has 0 heterocycles. The van der Waals surface area contributed by atoms with E-state index in [4.69, 9.17) is 14.6 Å². The summed E-state index contributed by atoms with van der Waals surface area (Å²) >= 11 is 0. The van der Waals surface area contributed by atoms with Crippen LogP contribution in [0.2, 0.25) is 0 Å². The molecule has 0 atom stereocenters. The maximum absolute atomic E-state index is 10.8. The molecule has 0 saturated heterocycles. The van der Waals surface area contributed by atoms with Gasteiger partial charge in [-0.3, -0.25) is 0 Å². The molecule has 0 spiro atoms. The van der Waals surface area contributed by atoms with Crippen LogP contribution in [-0.2, 0) is 0 Å². The highest BCUT2D eigenvalue weighted by Gasteiger charge is 2.05. The second-order valence-corrected chi connectivity index (χ2v) is 5.01. The van der Waals surface area contributed by atoms with Crippen molar-refractivity contribution in [3.05, 3.63) is 78.4 Å². The van der Waals surface area contributed by atoms with Gasteiger partial charge in [-0.2, -0.15) is 0 Å². The number of hydrogen-bond acceptors (Lipinski definition) is 4. The summed E-state index contributed by atoms with van der Waals surface area (Å²) in [6.45, 7) is 0. The maximum atomic E-state index is 10.8. The van der Waals surface area contributed by atoms with Gasteiger partial charge in [0.25, 0.3) is 0 Å². The number of ether oxygens (including phenoxy) is 2. The molecule has 3 rings (SSSR count). The van der Waals surface area contributed by atoms with E-state index in [1.54, 1.807) is 54.6 Å². The molecule has 0 aromatic heterocycles. The first kappa shape index (κ1) is 15.4. The van der Waals surface area contributed by atoms with Crippen molar-refractivity contribution in [2.75, 3.05) is 0 Å². The van der Waals surface area contributed by atoms with Crippen molar-refractivity contribution >= 4 is 5.97 Å². The SMILES string of the molecule is O=C(O)c1ccc(Oc2cccc(Oc3cccc(O)c3)c2)cc1. The lowest BCUT2D eigenvalue weighted by Gasteiger charge is -2.09. The van der Waals surface area contributed by atoms with Crippen LogP contribution in [-0.4, -0.2) is 16.2 Å². The molecule has 5 nitrogen and oxygen atoms in total. The van der Waals surface area contributed by atoms with E-state index in [-0.39, 0.29) is 11.3 Å². The molecular weight excluding hydrogens is 308 g/mol. The summed E-state index contributed by atoms with van der Waals surface area (Å²) in [5.74, 6) is 1.28. The average molecular weight is 322 g/mol. The van der Waals surface area contributed by atoms with Crippen molar-refractivity contribution in [1.82, 2.24) is 0 Å². The van der Waals surface area contributed by atoms with Gasteiger partial charge in [0.05, 0.1) is 5.56 Å². The monoisotopic (exact) mass is 322 g/mol. The van der Waals surface area contributed by atoms with Crippen LogP contribution in [0.5, 0.6) is 28.7 Å². The van der Waals surface area contributed by atoms with Crippen LogP contribution in [0.1, 0.15) is 10.4 Å². The summed E-state index contributed by atoms with van der Waals surface area (Å²) in [6.07, 6.45) is 0. The minimum atomic E-state index is -0.983. The Morgan fingerprint density at radius 3 is 1.83 bits per heavy atom. The minimum absolute atomic E-state index is 0.124. The van der Waals surface area contributed by atoms with E-state index in [2.05, 4.69) is 0 Å². The molecule has 0 amide bonds. The molecule has 2 N–H and O–H groups in total. The van der Waals surface area contributed by atoms with Gasteiger partial charge in [-0.1, -0.05) is 12.1 Å². The second kappa shape index (κ2) is 6.75. The van der Waals surface area contributed by atoms with Crippen molar-refractivity contribution in [1.29, 1.82) is 0 Å². The van der Waals surface area contributed by atoms with Gasteiger partial charge in [0.1, 0.15) is 28.7 Å². The zero-order valence-electron chi connectivity index (χ0n) is 12.5. The van der Waals surface area contributed by atoms with Crippen LogP contribution in [0, 0.1) is 0 Å². The molecule has 0 aliphatic carbocycles.